The van der Waals surface area contributed by atoms with Crippen molar-refractivity contribution in [1.82, 2.24) is 19.5 Å². The minimum atomic E-state index is -4.44. The van der Waals surface area contributed by atoms with Gasteiger partial charge in [0.25, 0.3) is 5.56 Å². The lowest BCUT2D eigenvalue weighted by molar-refractivity contribution is -0.137. The maximum atomic E-state index is 13.9. The number of benzene rings is 2. The number of H-pyrrole nitrogens is 1. The molecule has 6 rings (SSSR count). The fourth-order valence-electron chi connectivity index (χ4n) is 5.41. The predicted octanol–water partition coefficient (Wildman–Crippen LogP) is 5.65. The zero-order chi connectivity index (χ0) is 26.3. The van der Waals surface area contributed by atoms with Gasteiger partial charge in [-0.25, -0.2) is 14.5 Å². The third-order valence-corrected chi connectivity index (χ3v) is 7.48. The number of hydrogen-bond acceptors (Lipinski definition) is 5. The molecule has 0 bridgehead atoms. The van der Waals surface area contributed by atoms with Gasteiger partial charge >= 0.3 is 12.2 Å². The number of nitrogens with one attached hydrogen (secondary N) is 1. The number of aromatic nitrogens is 4. The highest BCUT2D eigenvalue weighted by atomic mass is 19.4. The van der Waals surface area contributed by atoms with E-state index in [2.05, 4.69) is 9.97 Å². The van der Waals surface area contributed by atoms with E-state index in [1.54, 1.807) is 0 Å². The largest absolute Gasteiger partial charge is 0.464 e. The quantitative estimate of drug-likeness (QED) is 0.366. The zero-order valence-corrected chi connectivity index (χ0v) is 20.8. The summed E-state index contributed by atoms with van der Waals surface area (Å²) in [5.41, 5.74) is 1.68. The molecule has 2 aliphatic rings. The van der Waals surface area contributed by atoms with Gasteiger partial charge in [0.2, 0.25) is 5.95 Å². The average molecular weight is 524 g/mol. The van der Waals surface area contributed by atoms with Crippen molar-refractivity contribution in [3.8, 4) is 11.7 Å². The van der Waals surface area contributed by atoms with Crippen LogP contribution in [0.4, 0.5) is 19.1 Å². The third-order valence-electron chi connectivity index (χ3n) is 7.48. The lowest BCUT2D eigenvalue weighted by Crippen LogP contribution is -2.38. The van der Waals surface area contributed by atoms with Crippen molar-refractivity contribution in [2.24, 2.45) is 5.92 Å². The Morgan fingerprint density at radius 1 is 1.03 bits per heavy atom. The highest BCUT2D eigenvalue weighted by molar-refractivity contribution is 5.78. The van der Waals surface area contributed by atoms with Crippen LogP contribution in [-0.4, -0.2) is 32.7 Å². The molecular weight excluding hydrogens is 495 g/mol. The summed E-state index contributed by atoms with van der Waals surface area (Å²) < 4.78 is 47.2. The molecular formula is C28H28F3N5O2. The number of ether oxygens (including phenoxy) is 1. The van der Waals surface area contributed by atoms with Crippen LogP contribution in [0.25, 0.3) is 16.7 Å². The summed E-state index contributed by atoms with van der Waals surface area (Å²) in [6, 6.07) is 13.1. The van der Waals surface area contributed by atoms with E-state index in [0.29, 0.717) is 65.4 Å². The molecule has 4 aromatic rings. The molecule has 2 aromatic heterocycles. The average Bonchev–Trinajstić information content (AvgIpc) is 3.36. The Labute approximate surface area is 217 Å². The lowest BCUT2D eigenvalue weighted by atomic mass is 9.90. The first kappa shape index (κ1) is 24.5. The number of hydrogen-bond donors (Lipinski definition) is 1. The van der Waals surface area contributed by atoms with Crippen LogP contribution in [0.1, 0.15) is 48.9 Å². The molecule has 0 radical (unpaired) electrons. The lowest BCUT2D eigenvalue weighted by Gasteiger charge is -2.29. The van der Waals surface area contributed by atoms with E-state index in [-0.39, 0.29) is 12.1 Å². The molecule has 10 heteroatoms. The van der Waals surface area contributed by atoms with Crippen LogP contribution in [-0.2, 0) is 19.1 Å². The van der Waals surface area contributed by atoms with Crippen LogP contribution < -0.4 is 15.2 Å². The molecule has 0 saturated heterocycles. The van der Waals surface area contributed by atoms with E-state index >= 15 is 0 Å². The Morgan fingerprint density at radius 2 is 1.82 bits per heavy atom. The molecule has 0 unspecified atom stereocenters. The van der Waals surface area contributed by atoms with E-state index < -0.39 is 11.7 Å². The highest BCUT2D eigenvalue weighted by Crippen LogP contribution is 2.32. The van der Waals surface area contributed by atoms with Crippen molar-refractivity contribution in [1.29, 1.82) is 0 Å². The molecule has 7 nitrogen and oxygen atoms in total. The van der Waals surface area contributed by atoms with Gasteiger partial charge in [-0.2, -0.15) is 13.2 Å². The number of rotatable bonds is 5. The van der Waals surface area contributed by atoms with Crippen molar-refractivity contribution in [3.05, 3.63) is 75.7 Å². The third kappa shape index (κ3) is 4.75. The summed E-state index contributed by atoms with van der Waals surface area (Å²) in [6.45, 7) is 1.29. The molecule has 2 aromatic carbocycles. The molecule has 198 valence electrons. The summed E-state index contributed by atoms with van der Waals surface area (Å²) in [5, 5.41) is 0. The molecule has 1 saturated carbocycles. The Hall–Kier alpha value is -3.82. The molecule has 1 fully saturated rings. The number of anilines is 1. The van der Waals surface area contributed by atoms with Crippen LogP contribution in [0.5, 0.6) is 6.01 Å². The molecule has 0 spiro atoms. The van der Waals surface area contributed by atoms with Gasteiger partial charge in [0, 0.05) is 13.0 Å². The topological polar surface area (TPSA) is 76.0 Å². The van der Waals surface area contributed by atoms with Gasteiger partial charge in [-0.05, 0) is 49.1 Å². The molecule has 1 N–H and O–H groups in total. The first-order chi connectivity index (χ1) is 18.4. The molecule has 1 aliphatic heterocycles. The van der Waals surface area contributed by atoms with Gasteiger partial charge in [-0.1, -0.05) is 37.5 Å². The second-order valence-electron chi connectivity index (χ2n) is 10.1. The van der Waals surface area contributed by atoms with Crippen LogP contribution in [0.2, 0.25) is 0 Å². The van der Waals surface area contributed by atoms with Crippen LogP contribution in [0, 0.1) is 5.92 Å². The summed E-state index contributed by atoms with van der Waals surface area (Å²) in [6.07, 6.45) is 1.96. The van der Waals surface area contributed by atoms with E-state index in [9.17, 15) is 18.0 Å². The molecule has 1 aliphatic carbocycles. The standard InChI is InChI=1S/C28H28F3N5O2/c29-28(30,31)19-11-12-23-24(15-19)33-26(32-23)35-14-13-22-21(16-35)25(37)36(20-9-5-2-6-10-20)27(34-22)38-17-18-7-3-1-4-8-18/h2,5-6,9-12,15,18H,1,3-4,7-8,13-14,16-17H2,(H,32,33). The molecule has 0 atom stereocenters. The summed E-state index contributed by atoms with van der Waals surface area (Å²) in [7, 11) is 0. The van der Waals surface area contributed by atoms with Crippen molar-refractivity contribution in [2.45, 2.75) is 51.2 Å². The number of halogens is 3. The summed E-state index contributed by atoms with van der Waals surface area (Å²) >= 11 is 0. The van der Waals surface area contributed by atoms with Gasteiger partial charge in [-0.3, -0.25) is 4.79 Å². The van der Waals surface area contributed by atoms with Gasteiger partial charge in [-0.15, -0.1) is 0 Å². The first-order valence-corrected chi connectivity index (χ1v) is 13.0. The maximum absolute atomic E-state index is 13.9. The van der Waals surface area contributed by atoms with Gasteiger partial charge in [0.1, 0.15) is 0 Å². The van der Waals surface area contributed by atoms with Gasteiger partial charge in [0.15, 0.2) is 0 Å². The Kier molecular flexibility index (Phi) is 6.33. The van der Waals surface area contributed by atoms with E-state index in [0.717, 1.165) is 25.0 Å². The zero-order valence-electron chi connectivity index (χ0n) is 20.8. The number of para-hydroxylation sites is 1. The number of alkyl halides is 3. The smallest absolute Gasteiger partial charge is 0.416 e. The van der Waals surface area contributed by atoms with Crippen molar-refractivity contribution < 1.29 is 17.9 Å². The second-order valence-corrected chi connectivity index (χ2v) is 10.1. The van der Waals surface area contributed by atoms with Crippen LogP contribution in [0.15, 0.2) is 53.3 Å². The minimum absolute atomic E-state index is 0.208. The minimum Gasteiger partial charge on any atom is -0.464 e. The van der Waals surface area contributed by atoms with Crippen molar-refractivity contribution >= 4 is 17.0 Å². The number of fused-ring (bicyclic) bond motifs is 2. The monoisotopic (exact) mass is 523 g/mol. The Balaban J connectivity index is 1.33. The summed E-state index contributed by atoms with van der Waals surface area (Å²) in [5.74, 6) is 0.885. The second kappa shape index (κ2) is 9.81. The van der Waals surface area contributed by atoms with Crippen LogP contribution in [0.3, 0.4) is 0 Å². The Bertz CT molecular complexity index is 1510. The van der Waals surface area contributed by atoms with Crippen molar-refractivity contribution in [3.63, 3.8) is 0 Å². The Morgan fingerprint density at radius 3 is 2.58 bits per heavy atom. The van der Waals surface area contributed by atoms with Gasteiger partial charge in [0.05, 0.1) is 46.7 Å². The fraction of sp³-hybridized carbons (Fsp3) is 0.393. The van der Waals surface area contributed by atoms with Crippen LogP contribution >= 0.6 is 0 Å². The highest BCUT2D eigenvalue weighted by Gasteiger charge is 2.31. The molecule has 0 amide bonds. The molecule has 38 heavy (non-hydrogen) atoms. The van der Waals surface area contributed by atoms with E-state index in [4.69, 9.17) is 9.72 Å². The predicted molar refractivity (Wildman–Crippen MR) is 138 cm³/mol. The van der Waals surface area contributed by atoms with Gasteiger partial charge < -0.3 is 14.6 Å². The SMILES string of the molecule is O=c1c2c(nc(OCC3CCCCC3)n1-c1ccccc1)CCN(c1nc3ccc(C(F)(F)F)cc3[nH]1)C2. The van der Waals surface area contributed by atoms with E-state index in [1.165, 1.54) is 29.9 Å². The van der Waals surface area contributed by atoms with E-state index in [1.807, 2.05) is 35.2 Å². The first-order valence-electron chi connectivity index (χ1n) is 13.0. The number of imidazole rings is 1. The number of nitrogens with zero attached hydrogens (tertiary/aromatic N) is 4. The molecule has 3 heterocycles. The normalized spacial score (nSPS) is 16.6. The fourth-order valence-corrected chi connectivity index (χ4v) is 5.41. The number of aromatic amines is 1. The summed E-state index contributed by atoms with van der Waals surface area (Å²) in [4.78, 5) is 28.0. The van der Waals surface area contributed by atoms with Crippen molar-refractivity contribution in [2.75, 3.05) is 18.1 Å². The maximum Gasteiger partial charge on any atom is 0.416 e.